The molecular weight excluding hydrogens is 192 g/mol. The summed E-state index contributed by atoms with van der Waals surface area (Å²) in [5, 5.41) is 0.834. The van der Waals surface area contributed by atoms with E-state index in [9.17, 15) is 0 Å². The van der Waals surface area contributed by atoms with Crippen molar-refractivity contribution in [3.8, 4) is 12.3 Å². The molecule has 0 aliphatic rings. The zero-order valence-electron chi connectivity index (χ0n) is 8.79. The molecule has 0 atom stereocenters. The highest BCUT2D eigenvalue weighted by Crippen LogP contribution is 2.17. The van der Waals surface area contributed by atoms with Crippen LogP contribution in [-0.2, 0) is 0 Å². The van der Waals surface area contributed by atoms with E-state index in [4.69, 9.17) is 6.42 Å². The van der Waals surface area contributed by atoms with Crippen molar-refractivity contribution in [2.24, 2.45) is 0 Å². The van der Waals surface area contributed by atoms with E-state index in [0.717, 1.165) is 28.7 Å². The first-order chi connectivity index (χ1) is 6.65. The van der Waals surface area contributed by atoms with Gasteiger partial charge in [0.05, 0.1) is 0 Å². The Labute approximate surface area is 89.5 Å². The summed E-state index contributed by atoms with van der Waals surface area (Å²) in [6, 6.07) is 0. The van der Waals surface area contributed by atoms with Crippen molar-refractivity contribution in [2.75, 3.05) is 5.75 Å². The molecule has 1 heterocycles. The molecular formula is C11H14N2S. The van der Waals surface area contributed by atoms with Gasteiger partial charge in [0.25, 0.3) is 0 Å². The van der Waals surface area contributed by atoms with Gasteiger partial charge in [-0.15, -0.1) is 12.3 Å². The maximum Gasteiger partial charge on any atom is 0.188 e. The number of rotatable bonds is 3. The lowest BCUT2D eigenvalue weighted by Crippen LogP contribution is -1.98. The second kappa shape index (κ2) is 5.02. The number of aromatic nitrogens is 2. The minimum absolute atomic E-state index is 0.764. The molecule has 0 aliphatic carbocycles. The summed E-state index contributed by atoms with van der Waals surface area (Å²) in [6.07, 6.45) is 5.94. The Morgan fingerprint density at radius 1 is 1.21 bits per heavy atom. The first kappa shape index (κ1) is 11.1. The first-order valence-electron chi connectivity index (χ1n) is 4.53. The van der Waals surface area contributed by atoms with Crippen LogP contribution in [-0.4, -0.2) is 15.7 Å². The van der Waals surface area contributed by atoms with Crippen LogP contribution in [0.2, 0.25) is 0 Å². The number of hydrogen-bond donors (Lipinski definition) is 0. The molecule has 14 heavy (non-hydrogen) atoms. The summed E-state index contributed by atoms with van der Waals surface area (Å²) in [4.78, 5) is 8.78. The first-order valence-corrected chi connectivity index (χ1v) is 5.52. The van der Waals surface area contributed by atoms with Gasteiger partial charge >= 0.3 is 0 Å². The van der Waals surface area contributed by atoms with Crippen molar-refractivity contribution in [1.29, 1.82) is 0 Å². The van der Waals surface area contributed by atoms with Gasteiger partial charge in [-0.3, -0.25) is 0 Å². The summed E-state index contributed by atoms with van der Waals surface area (Å²) in [5.41, 5.74) is 3.28. The van der Waals surface area contributed by atoms with Crippen molar-refractivity contribution in [2.45, 2.75) is 32.3 Å². The van der Waals surface area contributed by atoms with Crippen molar-refractivity contribution >= 4 is 11.8 Å². The molecule has 3 heteroatoms. The molecule has 0 saturated carbocycles. The van der Waals surface area contributed by atoms with Crippen molar-refractivity contribution in [1.82, 2.24) is 9.97 Å². The third kappa shape index (κ3) is 2.74. The molecule has 0 aliphatic heterocycles. The molecule has 1 aromatic rings. The van der Waals surface area contributed by atoms with E-state index in [2.05, 4.69) is 15.9 Å². The highest BCUT2D eigenvalue weighted by atomic mass is 32.2. The van der Waals surface area contributed by atoms with E-state index in [0.29, 0.717) is 0 Å². The van der Waals surface area contributed by atoms with Crippen molar-refractivity contribution in [3.63, 3.8) is 0 Å². The van der Waals surface area contributed by atoms with Gasteiger partial charge in [0.2, 0.25) is 0 Å². The zero-order chi connectivity index (χ0) is 10.6. The van der Waals surface area contributed by atoms with Gasteiger partial charge in [-0.05, 0) is 26.3 Å². The van der Waals surface area contributed by atoms with Crippen LogP contribution >= 0.6 is 11.8 Å². The maximum atomic E-state index is 5.17. The van der Waals surface area contributed by atoms with Crippen LogP contribution in [0.5, 0.6) is 0 Å². The third-order valence-corrected chi connectivity index (χ3v) is 2.94. The molecule has 0 unspecified atom stereocenters. The topological polar surface area (TPSA) is 25.8 Å². The number of terminal acetylenes is 1. The van der Waals surface area contributed by atoms with Crippen LogP contribution in [0.25, 0.3) is 0 Å². The van der Waals surface area contributed by atoms with Gasteiger partial charge in [-0.25, -0.2) is 9.97 Å². The Morgan fingerprint density at radius 2 is 1.79 bits per heavy atom. The Hall–Kier alpha value is -1.01. The van der Waals surface area contributed by atoms with Crippen LogP contribution in [0.3, 0.4) is 0 Å². The van der Waals surface area contributed by atoms with Crippen LogP contribution in [0.15, 0.2) is 5.16 Å². The predicted molar refractivity (Wildman–Crippen MR) is 60.4 cm³/mol. The minimum Gasteiger partial charge on any atom is -0.228 e. The van der Waals surface area contributed by atoms with Crippen molar-refractivity contribution in [3.05, 3.63) is 17.0 Å². The number of thioether (sulfide) groups is 1. The molecule has 0 fully saturated rings. The summed E-state index contributed by atoms with van der Waals surface area (Å²) < 4.78 is 0. The van der Waals surface area contributed by atoms with Gasteiger partial charge < -0.3 is 0 Å². The third-order valence-electron chi connectivity index (χ3n) is 2.09. The van der Waals surface area contributed by atoms with E-state index in [1.165, 1.54) is 5.56 Å². The van der Waals surface area contributed by atoms with Gasteiger partial charge in [0.15, 0.2) is 5.16 Å². The molecule has 1 aromatic heterocycles. The molecule has 0 radical (unpaired) electrons. The highest BCUT2D eigenvalue weighted by molar-refractivity contribution is 7.99. The highest BCUT2D eigenvalue weighted by Gasteiger charge is 2.03. The predicted octanol–water partition coefficient (Wildman–Crippen LogP) is 2.52. The number of nitrogens with zero attached hydrogens (tertiary/aromatic N) is 2. The average Bonchev–Trinajstić information content (AvgIpc) is 2.14. The summed E-state index contributed by atoms with van der Waals surface area (Å²) in [5.74, 6) is 3.49. The van der Waals surface area contributed by atoms with Crippen LogP contribution < -0.4 is 0 Å². The fraction of sp³-hybridized carbons (Fsp3) is 0.455. The standard InChI is InChI=1S/C11H14N2S/c1-5-6-7-14-11-12-9(3)8(2)10(4)13-11/h1H,6-7H2,2-4H3. The Bertz CT molecular complexity index is 343. The van der Waals surface area contributed by atoms with Gasteiger partial charge in [-0.1, -0.05) is 11.8 Å². The summed E-state index contributed by atoms with van der Waals surface area (Å²) in [6.45, 7) is 6.06. The molecule has 74 valence electrons. The molecule has 0 aromatic carbocycles. The SMILES string of the molecule is C#CCCSc1nc(C)c(C)c(C)n1. The van der Waals surface area contributed by atoms with Crippen molar-refractivity contribution < 1.29 is 0 Å². The van der Waals surface area contributed by atoms with E-state index in [1.54, 1.807) is 11.8 Å². The number of hydrogen-bond acceptors (Lipinski definition) is 3. The smallest absolute Gasteiger partial charge is 0.188 e. The Kier molecular flexibility index (Phi) is 3.97. The summed E-state index contributed by atoms with van der Waals surface area (Å²) >= 11 is 1.62. The van der Waals surface area contributed by atoms with E-state index >= 15 is 0 Å². The molecule has 0 amide bonds. The molecule has 0 saturated heterocycles. The number of aryl methyl sites for hydroxylation is 2. The molecule has 0 N–H and O–H groups in total. The lowest BCUT2D eigenvalue weighted by molar-refractivity contribution is 0.880. The second-order valence-electron chi connectivity index (χ2n) is 3.10. The molecule has 2 nitrogen and oxygen atoms in total. The van der Waals surface area contributed by atoms with E-state index in [-0.39, 0.29) is 0 Å². The normalized spacial score (nSPS) is 9.86. The fourth-order valence-electron chi connectivity index (χ4n) is 1.01. The van der Waals surface area contributed by atoms with Gasteiger partial charge in [-0.2, -0.15) is 0 Å². The minimum atomic E-state index is 0.764. The average molecular weight is 206 g/mol. The van der Waals surface area contributed by atoms with Gasteiger partial charge in [0.1, 0.15) is 0 Å². The summed E-state index contributed by atoms with van der Waals surface area (Å²) in [7, 11) is 0. The second-order valence-corrected chi connectivity index (χ2v) is 4.17. The fourth-order valence-corrected chi connectivity index (χ4v) is 1.81. The monoisotopic (exact) mass is 206 g/mol. The maximum absolute atomic E-state index is 5.17. The van der Waals surface area contributed by atoms with E-state index in [1.807, 2.05) is 20.8 Å². The largest absolute Gasteiger partial charge is 0.228 e. The molecule has 0 spiro atoms. The Balaban J connectivity index is 2.75. The van der Waals surface area contributed by atoms with Gasteiger partial charge in [0, 0.05) is 23.6 Å². The van der Waals surface area contributed by atoms with Crippen LogP contribution in [0.1, 0.15) is 23.4 Å². The van der Waals surface area contributed by atoms with Crippen LogP contribution in [0, 0.1) is 33.1 Å². The quantitative estimate of drug-likeness (QED) is 0.329. The zero-order valence-corrected chi connectivity index (χ0v) is 9.61. The lowest BCUT2D eigenvalue weighted by Gasteiger charge is -2.05. The molecule has 1 rings (SSSR count). The van der Waals surface area contributed by atoms with E-state index < -0.39 is 0 Å². The van der Waals surface area contributed by atoms with Crippen LogP contribution in [0.4, 0.5) is 0 Å². The Morgan fingerprint density at radius 3 is 2.29 bits per heavy atom. The molecule has 0 bridgehead atoms. The lowest BCUT2D eigenvalue weighted by atomic mass is 10.2.